The summed E-state index contributed by atoms with van der Waals surface area (Å²) in [5.74, 6) is 0.477. The van der Waals surface area contributed by atoms with E-state index in [0.717, 1.165) is 18.5 Å². The topological polar surface area (TPSA) is 33.1 Å². The number of hydrogen-bond acceptors (Lipinski definition) is 2. The number of hydrogen-bond donors (Lipinski definition) is 1. The quantitative estimate of drug-likeness (QED) is 0.764. The van der Waals surface area contributed by atoms with Gasteiger partial charge in [-0.25, -0.2) is 0 Å². The van der Waals surface area contributed by atoms with Crippen LogP contribution in [-0.2, 0) is 0 Å². The van der Waals surface area contributed by atoms with Crippen LogP contribution in [0.25, 0.3) is 0 Å². The third-order valence-corrected chi connectivity index (χ3v) is 2.06. The van der Waals surface area contributed by atoms with Crippen LogP contribution in [0.5, 0.6) is 0 Å². The van der Waals surface area contributed by atoms with Crippen molar-refractivity contribution in [1.29, 1.82) is 0 Å². The maximum absolute atomic E-state index is 9.60. The second-order valence-electron chi connectivity index (χ2n) is 3.04. The molecule has 1 N–H and O–H groups in total. The molecule has 0 bridgehead atoms. The first-order valence-corrected chi connectivity index (χ1v) is 3.97. The molecule has 1 aliphatic carbocycles. The molecule has 1 saturated carbocycles. The average molecular weight is 186 g/mol. The minimum absolute atomic E-state index is 0. The lowest BCUT2D eigenvalue weighted by atomic mass is 10.1. The van der Waals surface area contributed by atoms with Crippen molar-refractivity contribution in [2.24, 2.45) is 5.92 Å². The van der Waals surface area contributed by atoms with E-state index in [1.807, 2.05) is 18.2 Å². The zero-order valence-electron chi connectivity index (χ0n) is 6.68. The van der Waals surface area contributed by atoms with Gasteiger partial charge >= 0.3 is 0 Å². The smallest absolute Gasteiger partial charge is 0.0987 e. The van der Waals surface area contributed by atoms with Gasteiger partial charge in [0.2, 0.25) is 0 Å². The van der Waals surface area contributed by atoms with Gasteiger partial charge in [0.15, 0.2) is 0 Å². The van der Waals surface area contributed by atoms with E-state index < -0.39 is 0 Å². The van der Waals surface area contributed by atoms with Gasteiger partial charge in [0.1, 0.15) is 0 Å². The molecule has 0 amide bonds. The molecule has 1 unspecified atom stereocenters. The molecule has 12 heavy (non-hydrogen) atoms. The van der Waals surface area contributed by atoms with Crippen LogP contribution in [0.4, 0.5) is 0 Å². The van der Waals surface area contributed by atoms with Crippen molar-refractivity contribution < 1.29 is 5.11 Å². The summed E-state index contributed by atoms with van der Waals surface area (Å²) in [6.07, 6.45) is 3.70. The standard InChI is InChI=1S/C9H11NO.ClH/c11-9(7-4-5-7)8-3-1-2-6-10-8;/h1-3,6-7,9,11H,4-5H2;1H. The summed E-state index contributed by atoms with van der Waals surface area (Å²) < 4.78 is 0. The van der Waals surface area contributed by atoms with Gasteiger partial charge in [0.05, 0.1) is 11.8 Å². The summed E-state index contributed by atoms with van der Waals surface area (Å²) >= 11 is 0. The molecule has 1 aliphatic rings. The molecule has 0 aliphatic heterocycles. The first-order valence-electron chi connectivity index (χ1n) is 3.97. The summed E-state index contributed by atoms with van der Waals surface area (Å²) in [7, 11) is 0. The predicted octanol–water partition coefficient (Wildman–Crippen LogP) is 1.95. The normalized spacial score (nSPS) is 18.1. The molecule has 3 heteroatoms. The third kappa shape index (κ3) is 1.96. The van der Waals surface area contributed by atoms with E-state index in [4.69, 9.17) is 0 Å². The molecule has 0 spiro atoms. The lowest BCUT2D eigenvalue weighted by molar-refractivity contribution is 0.149. The number of nitrogens with zero attached hydrogens (tertiary/aromatic N) is 1. The van der Waals surface area contributed by atoms with Gasteiger partial charge in [-0.05, 0) is 30.9 Å². The molecule has 0 saturated heterocycles. The zero-order valence-corrected chi connectivity index (χ0v) is 7.50. The lowest BCUT2D eigenvalue weighted by Gasteiger charge is -2.06. The van der Waals surface area contributed by atoms with Gasteiger partial charge in [-0.1, -0.05) is 6.07 Å². The van der Waals surface area contributed by atoms with Crippen LogP contribution in [0.15, 0.2) is 24.4 Å². The van der Waals surface area contributed by atoms with E-state index in [1.54, 1.807) is 6.20 Å². The maximum atomic E-state index is 9.60. The fourth-order valence-corrected chi connectivity index (χ4v) is 1.20. The van der Waals surface area contributed by atoms with Gasteiger partial charge in [-0.3, -0.25) is 4.98 Å². The van der Waals surface area contributed by atoms with Gasteiger partial charge in [-0.2, -0.15) is 0 Å². The fourth-order valence-electron chi connectivity index (χ4n) is 1.20. The Balaban J connectivity index is 0.000000720. The van der Waals surface area contributed by atoms with Crippen LogP contribution in [0.1, 0.15) is 24.6 Å². The van der Waals surface area contributed by atoms with E-state index >= 15 is 0 Å². The molecule has 0 radical (unpaired) electrons. The van der Waals surface area contributed by atoms with Crippen LogP contribution in [0.2, 0.25) is 0 Å². The number of aliphatic hydroxyl groups excluding tert-OH is 1. The van der Waals surface area contributed by atoms with Crippen molar-refractivity contribution >= 4 is 12.4 Å². The molecular weight excluding hydrogens is 174 g/mol. The van der Waals surface area contributed by atoms with E-state index in [1.165, 1.54) is 0 Å². The first-order chi connectivity index (χ1) is 5.38. The molecule has 2 rings (SSSR count). The average Bonchev–Trinajstić information content (AvgIpc) is 2.87. The monoisotopic (exact) mass is 185 g/mol. The van der Waals surface area contributed by atoms with Crippen molar-refractivity contribution in [3.05, 3.63) is 30.1 Å². The van der Waals surface area contributed by atoms with Crippen LogP contribution < -0.4 is 0 Å². The van der Waals surface area contributed by atoms with Crippen molar-refractivity contribution in [2.45, 2.75) is 18.9 Å². The lowest BCUT2D eigenvalue weighted by Crippen LogP contribution is -2.01. The highest BCUT2D eigenvalue weighted by molar-refractivity contribution is 5.85. The summed E-state index contributed by atoms with van der Waals surface area (Å²) in [4.78, 5) is 4.09. The van der Waals surface area contributed by atoms with E-state index in [-0.39, 0.29) is 18.5 Å². The summed E-state index contributed by atoms with van der Waals surface area (Å²) in [5.41, 5.74) is 0.815. The van der Waals surface area contributed by atoms with Crippen molar-refractivity contribution in [2.75, 3.05) is 0 Å². The summed E-state index contributed by atoms with van der Waals surface area (Å²) in [6, 6.07) is 5.65. The Morgan fingerprint density at radius 2 is 2.17 bits per heavy atom. The number of rotatable bonds is 2. The highest BCUT2D eigenvalue weighted by atomic mass is 35.5. The second-order valence-corrected chi connectivity index (χ2v) is 3.04. The van der Waals surface area contributed by atoms with Crippen LogP contribution in [0.3, 0.4) is 0 Å². The Morgan fingerprint density at radius 1 is 1.42 bits per heavy atom. The van der Waals surface area contributed by atoms with Crippen molar-refractivity contribution in [3.63, 3.8) is 0 Å². The van der Waals surface area contributed by atoms with Crippen molar-refractivity contribution in [3.8, 4) is 0 Å². The van der Waals surface area contributed by atoms with E-state index in [0.29, 0.717) is 5.92 Å². The second kappa shape index (κ2) is 3.87. The maximum Gasteiger partial charge on any atom is 0.0987 e. The highest BCUT2D eigenvalue weighted by Crippen LogP contribution is 2.39. The molecule has 1 aromatic rings. The molecule has 2 nitrogen and oxygen atoms in total. The molecule has 1 heterocycles. The highest BCUT2D eigenvalue weighted by Gasteiger charge is 2.31. The predicted molar refractivity (Wildman–Crippen MR) is 49.2 cm³/mol. The van der Waals surface area contributed by atoms with Crippen LogP contribution >= 0.6 is 12.4 Å². The van der Waals surface area contributed by atoms with E-state index in [9.17, 15) is 5.11 Å². The van der Waals surface area contributed by atoms with Gasteiger partial charge < -0.3 is 5.11 Å². The van der Waals surface area contributed by atoms with Crippen LogP contribution in [0, 0.1) is 5.92 Å². The van der Waals surface area contributed by atoms with Crippen LogP contribution in [-0.4, -0.2) is 10.1 Å². The Hall–Kier alpha value is -0.600. The van der Waals surface area contributed by atoms with Gasteiger partial charge in [0, 0.05) is 6.20 Å². The Kier molecular flexibility index (Phi) is 3.06. The Labute approximate surface area is 78.1 Å². The molecular formula is C9H12ClNO. The minimum Gasteiger partial charge on any atom is -0.387 e. The Bertz CT molecular complexity index is 236. The Morgan fingerprint density at radius 3 is 2.67 bits per heavy atom. The SMILES string of the molecule is Cl.OC(c1ccccn1)C1CC1. The minimum atomic E-state index is -0.323. The number of aromatic nitrogens is 1. The largest absolute Gasteiger partial charge is 0.387 e. The number of pyridine rings is 1. The van der Waals surface area contributed by atoms with Crippen molar-refractivity contribution in [1.82, 2.24) is 4.98 Å². The fraction of sp³-hybridized carbons (Fsp3) is 0.444. The molecule has 1 fully saturated rings. The van der Waals surface area contributed by atoms with Gasteiger partial charge in [0.25, 0.3) is 0 Å². The number of halogens is 1. The molecule has 0 aromatic carbocycles. The molecule has 66 valence electrons. The van der Waals surface area contributed by atoms with E-state index in [2.05, 4.69) is 4.98 Å². The number of aliphatic hydroxyl groups is 1. The summed E-state index contributed by atoms with van der Waals surface area (Å²) in [5, 5.41) is 9.60. The third-order valence-electron chi connectivity index (χ3n) is 2.06. The molecule has 1 aromatic heterocycles. The molecule has 1 atom stereocenters. The van der Waals surface area contributed by atoms with Gasteiger partial charge in [-0.15, -0.1) is 12.4 Å². The summed E-state index contributed by atoms with van der Waals surface area (Å²) in [6.45, 7) is 0. The zero-order chi connectivity index (χ0) is 7.68. The first kappa shape index (κ1) is 9.49.